The molecule has 17 heavy (non-hydrogen) atoms. The quantitative estimate of drug-likeness (QED) is 0.732. The van der Waals surface area contributed by atoms with Gasteiger partial charge in [0.15, 0.2) is 0 Å². The number of nitrogens with zero attached hydrogens (tertiary/aromatic N) is 1. The smallest absolute Gasteiger partial charge is 0.371 e. The van der Waals surface area contributed by atoms with Gasteiger partial charge in [0.2, 0.25) is 0 Å². The van der Waals surface area contributed by atoms with Crippen LogP contribution < -0.4 is 11.4 Å². The van der Waals surface area contributed by atoms with Crippen molar-refractivity contribution in [1.82, 2.24) is 4.09 Å². The summed E-state index contributed by atoms with van der Waals surface area (Å²) in [5.74, 6) is -1.36. The molecule has 90 valence electrons. The van der Waals surface area contributed by atoms with Gasteiger partial charge in [-0.2, -0.15) is 17.3 Å². The molecule has 0 spiro atoms. The van der Waals surface area contributed by atoms with Crippen LogP contribution in [-0.4, -0.2) is 4.09 Å². The van der Waals surface area contributed by atoms with Crippen LogP contribution in [0.25, 0.3) is 10.9 Å². The van der Waals surface area contributed by atoms with Gasteiger partial charge in [0.1, 0.15) is 0 Å². The molecule has 2 aromatic rings. The first-order valence-electron chi connectivity index (χ1n) is 4.24. The SMILES string of the molecule is O=c1oc(=O)n(Cl)c2c(C(F)(F)F)cccc12. The van der Waals surface area contributed by atoms with Crippen LogP contribution in [0.15, 0.2) is 32.2 Å². The molecular formula is C9H3ClF3NO3. The molecule has 8 heteroatoms. The highest BCUT2D eigenvalue weighted by Crippen LogP contribution is 2.33. The lowest BCUT2D eigenvalue weighted by molar-refractivity contribution is -0.136. The highest BCUT2D eigenvalue weighted by Gasteiger charge is 2.34. The fraction of sp³-hybridized carbons (Fsp3) is 0.111. The Hall–Kier alpha value is -1.76. The zero-order valence-corrected chi connectivity index (χ0v) is 8.67. The van der Waals surface area contributed by atoms with Gasteiger partial charge in [0, 0.05) is 11.8 Å². The third-order valence-corrected chi connectivity index (χ3v) is 2.41. The molecule has 0 aliphatic rings. The maximum absolute atomic E-state index is 12.7. The van der Waals surface area contributed by atoms with Crippen LogP contribution >= 0.6 is 11.8 Å². The fourth-order valence-corrected chi connectivity index (χ4v) is 1.63. The predicted octanol–water partition coefficient (Wildman–Crippen LogP) is 1.98. The van der Waals surface area contributed by atoms with E-state index in [1.807, 2.05) is 0 Å². The summed E-state index contributed by atoms with van der Waals surface area (Å²) in [6, 6.07) is 2.85. The van der Waals surface area contributed by atoms with Crippen molar-refractivity contribution in [1.29, 1.82) is 0 Å². The Labute approximate surface area is 95.9 Å². The molecule has 1 aromatic heterocycles. The molecule has 1 heterocycles. The van der Waals surface area contributed by atoms with Gasteiger partial charge >= 0.3 is 17.6 Å². The topological polar surface area (TPSA) is 52.2 Å². The summed E-state index contributed by atoms with van der Waals surface area (Å²) in [4.78, 5) is 22.3. The van der Waals surface area contributed by atoms with Crippen LogP contribution in [0, 0.1) is 0 Å². The number of hydrogen-bond acceptors (Lipinski definition) is 3. The minimum absolute atomic E-state index is 0.138. The van der Waals surface area contributed by atoms with E-state index in [0.29, 0.717) is 0 Å². The van der Waals surface area contributed by atoms with Gasteiger partial charge in [0.25, 0.3) is 0 Å². The number of hydrogen-bond donors (Lipinski definition) is 0. The van der Waals surface area contributed by atoms with Crippen molar-refractivity contribution in [3.63, 3.8) is 0 Å². The van der Waals surface area contributed by atoms with E-state index in [0.717, 1.165) is 18.2 Å². The van der Waals surface area contributed by atoms with E-state index in [1.54, 1.807) is 0 Å². The number of aromatic nitrogens is 1. The lowest BCUT2D eigenvalue weighted by Gasteiger charge is -2.10. The van der Waals surface area contributed by atoms with Crippen molar-refractivity contribution in [2.45, 2.75) is 6.18 Å². The zero-order chi connectivity index (χ0) is 12.8. The largest absolute Gasteiger partial charge is 0.437 e. The lowest BCUT2D eigenvalue weighted by atomic mass is 10.1. The number of alkyl halides is 3. The van der Waals surface area contributed by atoms with Crippen LogP contribution in [0.3, 0.4) is 0 Å². The van der Waals surface area contributed by atoms with Crippen LogP contribution in [0.2, 0.25) is 0 Å². The number of fused-ring (bicyclic) bond motifs is 1. The van der Waals surface area contributed by atoms with Crippen molar-refractivity contribution >= 4 is 22.7 Å². The summed E-state index contributed by atoms with van der Waals surface area (Å²) in [6.45, 7) is 0. The van der Waals surface area contributed by atoms with Gasteiger partial charge in [-0.15, -0.1) is 0 Å². The van der Waals surface area contributed by atoms with Gasteiger partial charge in [-0.1, -0.05) is 6.07 Å². The highest BCUT2D eigenvalue weighted by molar-refractivity contribution is 6.18. The van der Waals surface area contributed by atoms with Gasteiger partial charge in [0.05, 0.1) is 16.5 Å². The molecule has 0 amide bonds. The van der Waals surface area contributed by atoms with E-state index in [2.05, 4.69) is 4.42 Å². The summed E-state index contributed by atoms with van der Waals surface area (Å²) >= 11 is 5.38. The molecule has 1 aromatic carbocycles. The minimum Gasteiger partial charge on any atom is -0.371 e. The second-order valence-corrected chi connectivity index (χ2v) is 3.47. The van der Waals surface area contributed by atoms with Crippen molar-refractivity contribution in [2.75, 3.05) is 0 Å². The molecule has 0 saturated carbocycles. The number of benzene rings is 1. The first kappa shape index (κ1) is 11.7. The number of halogens is 4. The Morgan fingerprint density at radius 2 is 1.88 bits per heavy atom. The molecule has 0 bridgehead atoms. The maximum Gasteiger partial charge on any atom is 0.437 e. The monoisotopic (exact) mass is 265 g/mol. The number of para-hydroxylation sites is 1. The minimum atomic E-state index is -4.73. The molecule has 0 unspecified atom stereocenters. The van der Waals surface area contributed by atoms with Gasteiger partial charge < -0.3 is 4.42 Å². The second kappa shape index (κ2) is 3.63. The maximum atomic E-state index is 12.7. The normalized spacial score (nSPS) is 12.0. The van der Waals surface area contributed by atoms with E-state index in [4.69, 9.17) is 11.8 Å². The third-order valence-electron chi connectivity index (χ3n) is 2.10. The average Bonchev–Trinajstić information content (AvgIpc) is 2.24. The highest BCUT2D eigenvalue weighted by atomic mass is 35.5. The summed E-state index contributed by atoms with van der Waals surface area (Å²) in [6.07, 6.45) is -4.73. The lowest BCUT2D eigenvalue weighted by Crippen LogP contribution is -2.22. The Balaban J connectivity index is 3.09. The average molecular weight is 266 g/mol. The van der Waals surface area contributed by atoms with Crippen molar-refractivity contribution in [3.8, 4) is 0 Å². The third kappa shape index (κ3) is 1.82. The second-order valence-electron chi connectivity index (χ2n) is 3.14. The molecule has 0 fully saturated rings. The summed E-state index contributed by atoms with van der Waals surface area (Å²) < 4.78 is 42.2. The van der Waals surface area contributed by atoms with Crippen molar-refractivity contribution in [3.05, 3.63) is 44.7 Å². The van der Waals surface area contributed by atoms with E-state index in [-0.39, 0.29) is 4.09 Å². The molecule has 0 aliphatic carbocycles. The first-order valence-corrected chi connectivity index (χ1v) is 4.58. The van der Waals surface area contributed by atoms with Crippen molar-refractivity contribution < 1.29 is 17.6 Å². The summed E-state index contributed by atoms with van der Waals surface area (Å²) in [5.41, 5.74) is -3.04. The molecule has 0 aliphatic heterocycles. The molecule has 0 radical (unpaired) electrons. The standard InChI is InChI=1S/C9H3ClF3NO3/c10-14-6-4(7(15)17-8(14)16)2-1-3-5(6)9(11,12)13/h1-3H. The van der Waals surface area contributed by atoms with Crippen LogP contribution in [0.5, 0.6) is 0 Å². The molecule has 2 rings (SSSR count). The first-order chi connectivity index (χ1) is 7.82. The van der Waals surface area contributed by atoms with E-state index in [9.17, 15) is 22.8 Å². The van der Waals surface area contributed by atoms with Gasteiger partial charge in [-0.3, -0.25) is 0 Å². The Bertz CT molecular complexity index is 701. The Morgan fingerprint density at radius 1 is 1.24 bits per heavy atom. The zero-order valence-electron chi connectivity index (χ0n) is 7.92. The van der Waals surface area contributed by atoms with Crippen LogP contribution in [-0.2, 0) is 6.18 Å². The molecule has 4 nitrogen and oxygen atoms in total. The fourth-order valence-electron chi connectivity index (χ4n) is 1.41. The molecular weight excluding hydrogens is 263 g/mol. The predicted molar refractivity (Wildman–Crippen MR) is 53.0 cm³/mol. The van der Waals surface area contributed by atoms with E-state index >= 15 is 0 Å². The van der Waals surface area contributed by atoms with Crippen molar-refractivity contribution in [2.24, 2.45) is 0 Å². The number of rotatable bonds is 0. The van der Waals surface area contributed by atoms with Crippen LogP contribution in [0.1, 0.15) is 5.56 Å². The van der Waals surface area contributed by atoms with Gasteiger partial charge in [-0.25, -0.2) is 9.59 Å². The van der Waals surface area contributed by atoms with Gasteiger partial charge in [-0.05, 0) is 12.1 Å². The van der Waals surface area contributed by atoms with E-state index < -0.39 is 34.0 Å². The molecule has 0 atom stereocenters. The molecule has 0 N–H and O–H groups in total. The summed E-state index contributed by atoms with van der Waals surface area (Å²) in [7, 11) is 0. The molecule has 0 saturated heterocycles. The Kier molecular flexibility index (Phi) is 2.50. The van der Waals surface area contributed by atoms with Crippen LogP contribution in [0.4, 0.5) is 13.2 Å². The van der Waals surface area contributed by atoms with E-state index in [1.165, 1.54) is 0 Å². The Morgan fingerprint density at radius 3 is 2.47 bits per heavy atom. The summed E-state index contributed by atoms with van der Waals surface area (Å²) in [5, 5.41) is -0.408.